The van der Waals surface area contributed by atoms with Gasteiger partial charge in [-0.05, 0) is 55.2 Å². The van der Waals surface area contributed by atoms with Crippen LogP contribution in [0.5, 0.6) is 11.5 Å². The molecule has 0 fully saturated rings. The van der Waals surface area contributed by atoms with Gasteiger partial charge in [0.25, 0.3) is 0 Å². The van der Waals surface area contributed by atoms with E-state index in [4.69, 9.17) is 9.47 Å². The lowest BCUT2D eigenvalue weighted by Gasteiger charge is -2.10. The van der Waals surface area contributed by atoms with Gasteiger partial charge in [0.15, 0.2) is 0 Å². The van der Waals surface area contributed by atoms with Crippen LogP contribution in [0.15, 0.2) is 42.5 Å². The predicted molar refractivity (Wildman–Crippen MR) is 103 cm³/mol. The first kappa shape index (κ1) is 20.5. The van der Waals surface area contributed by atoms with Crippen LogP contribution in [0.2, 0.25) is 0 Å². The van der Waals surface area contributed by atoms with Gasteiger partial charge in [0.1, 0.15) is 17.1 Å². The summed E-state index contributed by atoms with van der Waals surface area (Å²) in [6.07, 6.45) is 4.42. The number of phenols is 1. The highest BCUT2D eigenvalue weighted by atomic mass is 16.5. The number of para-hydroxylation sites is 1. The highest BCUT2D eigenvalue weighted by molar-refractivity contribution is 5.94. The van der Waals surface area contributed by atoms with Crippen molar-refractivity contribution in [3.63, 3.8) is 0 Å². The topological polar surface area (TPSA) is 72.8 Å². The van der Waals surface area contributed by atoms with Crippen LogP contribution >= 0.6 is 0 Å². The second-order valence-electron chi connectivity index (χ2n) is 6.32. The van der Waals surface area contributed by atoms with Gasteiger partial charge < -0.3 is 14.6 Å². The van der Waals surface area contributed by atoms with Gasteiger partial charge in [-0.25, -0.2) is 9.59 Å². The van der Waals surface area contributed by atoms with Gasteiger partial charge in [0, 0.05) is 0 Å². The van der Waals surface area contributed by atoms with Crippen LogP contribution < -0.4 is 4.74 Å². The number of hydrogen-bond acceptors (Lipinski definition) is 5. The van der Waals surface area contributed by atoms with Crippen LogP contribution in [0.1, 0.15) is 65.8 Å². The Morgan fingerprint density at radius 2 is 1.63 bits per heavy atom. The minimum absolute atomic E-state index is 0.0351. The Morgan fingerprint density at radius 3 is 2.30 bits per heavy atom. The molecule has 0 saturated heterocycles. The lowest BCUT2D eigenvalue weighted by molar-refractivity contribution is 0.0499. The smallest absolute Gasteiger partial charge is 0.347 e. The third-order valence-electron chi connectivity index (χ3n) is 4.17. The number of hydrogen-bond donors (Lipinski definition) is 1. The van der Waals surface area contributed by atoms with Crippen molar-refractivity contribution >= 4 is 11.9 Å². The van der Waals surface area contributed by atoms with E-state index in [2.05, 4.69) is 6.92 Å². The van der Waals surface area contributed by atoms with Crippen molar-refractivity contribution in [2.45, 2.75) is 46.0 Å². The molecule has 1 N–H and O–H groups in total. The number of aromatic hydroxyl groups is 1. The van der Waals surface area contributed by atoms with Crippen LogP contribution in [0.3, 0.4) is 0 Å². The first-order valence-corrected chi connectivity index (χ1v) is 9.37. The molecule has 0 heterocycles. The van der Waals surface area contributed by atoms with E-state index in [1.54, 1.807) is 24.3 Å². The van der Waals surface area contributed by atoms with E-state index in [1.165, 1.54) is 18.2 Å². The maximum absolute atomic E-state index is 12.4. The molecule has 0 radical (unpaired) electrons. The fourth-order valence-electron chi connectivity index (χ4n) is 2.54. The number of unbranched alkanes of at least 4 members (excludes halogenated alkanes) is 2. The summed E-state index contributed by atoms with van der Waals surface area (Å²) in [6.45, 7) is 4.48. The largest absolute Gasteiger partial charge is 0.507 e. The average Bonchev–Trinajstić information content (AvgIpc) is 2.67. The first-order chi connectivity index (χ1) is 13.1. The molecule has 2 aromatic rings. The van der Waals surface area contributed by atoms with Gasteiger partial charge in [-0.1, -0.05) is 38.8 Å². The van der Waals surface area contributed by atoms with Crippen LogP contribution in [0.4, 0.5) is 0 Å². The molecular weight excluding hydrogens is 344 g/mol. The van der Waals surface area contributed by atoms with Crippen LogP contribution in [0, 0.1) is 0 Å². The normalized spacial score (nSPS) is 10.4. The molecule has 0 aliphatic carbocycles. The molecule has 0 spiro atoms. The monoisotopic (exact) mass is 370 g/mol. The molecule has 0 saturated carbocycles. The average molecular weight is 370 g/mol. The molecule has 0 aromatic heterocycles. The Bertz CT molecular complexity index is 765. The molecule has 5 nitrogen and oxygen atoms in total. The molecule has 0 unspecified atom stereocenters. The summed E-state index contributed by atoms with van der Waals surface area (Å²) in [5.41, 5.74) is 1.26. The van der Waals surface area contributed by atoms with Crippen molar-refractivity contribution < 1.29 is 24.2 Å². The maximum Gasteiger partial charge on any atom is 0.347 e. The van der Waals surface area contributed by atoms with Gasteiger partial charge >= 0.3 is 11.9 Å². The molecule has 0 atom stereocenters. The van der Waals surface area contributed by atoms with Gasteiger partial charge in [0.05, 0.1) is 12.2 Å². The van der Waals surface area contributed by atoms with E-state index in [0.717, 1.165) is 31.2 Å². The Hall–Kier alpha value is -2.82. The van der Waals surface area contributed by atoms with Gasteiger partial charge in [-0.2, -0.15) is 0 Å². The number of aryl methyl sites for hydroxylation is 1. The zero-order chi connectivity index (χ0) is 19.6. The number of carbonyl (C=O) groups is 2. The number of phenolic OH excluding ortho intramolecular Hbond substituents is 1. The molecule has 0 amide bonds. The molecular formula is C22H26O5. The highest BCUT2D eigenvalue weighted by Crippen LogP contribution is 2.25. The highest BCUT2D eigenvalue weighted by Gasteiger charge is 2.16. The SMILES string of the molecule is CCCCOC(=O)c1ccc(OC(=O)c2cccc(CCCC)c2O)cc1. The van der Waals surface area contributed by atoms with Crippen molar-refractivity contribution in [3.05, 3.63) is 59.2 Å². The van der Waals surface area contributed by atoms with E-state index in [-0.39, 0.29) is 11.3 Å². The Kier molecular flexibility index (Phi) is 7.86. The summed E-state index contributed by atoms with van der Waals surface area (Å²) >= 11 is 0. The summed E-state index contributed by atoms with van der Waals surface area (Å²) in [5.74, 6) is -0.776. The number of benzene rings is 2. The third-order valence-corrected chi connectivity index (χ3v) is 4.17. The van der Waals surface area contributed by atoms with Crippen molar-refractivity contribution in [1.29, 1.82) is 0 Å². The quantitative estimate of drug-likeness (QED) is 0.386. The summed E-state index contributed by atoms with van der Waals surface area (Å²) in [6, 6.07) is 11.2. The second-order valence-corrected chi connectivity index (χ2v) is 6.32. The molecule has 144 valence electrons. The van der Waals surface area contributed by atoms with E-state index in [1.807, 2.05) is 6.92 Å². The lowest BCUT2D eigenvalue weighted by atomic mass is 10.0. The van der Waals surface area contributed by atoms with Gasteiger partial charge in [0.2, 0.25) is 0 Å². The molecule has 2 rings (SSSR count). The standard InChI is InChI=1S/C22H26O5/c1-3-5-8-16-9-7-10-19(20(16)23)22(25)27-18-13-11-17(12-14-18)21(24)26-15-6-4-2/h7,9-14,23H,3-6,8,15H2,1-2H3. The Labute approximate surface area is 159 Å². The van der Waals surface area contributed by atoms with Crippen LogP contribution in [-0.4, -0.2) is 23.7 Å². The zero-order valence-electron chi connectivity index (χ0n) is 15.9. The van der Waals surface area contributed by atoms with Crippen molar-refractivity contribution in [1.82, 2.24) is 0 Å². The van der Waals surface area contributed by atoms with Crippen molar-refractivity contribution in [2.24, 2.45) is 0 Å². The number of carbonyl (C=O) groups excluding carboxylic acids is 2. The summed E-state index contributed by atoms with van der Waals surface area (Å²) in [4.78, 5) is 24.3. The summed E-state index contributed by atoms with van der Waals surface area (Å²) in [7, 11) is 0. The van der Waals surface area contributed by atoms with Crippen molar-refractivity contribution in [2.75, 3.05) is 6.61 Å². The van der Waals surface area contributed by atoms with Crippen molar-refractivity contribution in [3.8, 4) is 11.5 Å². The van der Waals surface area contributed by atoms with Crippen LogP contribution in [0.25, 0.3) is 0 Å². The maximum atomic E-state index is 12.4. The minimum atomic E-state index is -0.635. The fraction of sp³-hybridized carbons (Fsp3) is 0.364. The minimum Gasteiger partial charge on any atom is -0.507 e. The lowest BCUT2D eigenvalue weighted by Crippen LogP contribution is -2.10. The third kappa shape index (κ3) is 5.84. The first-order valence-electron chi connectivity index (χ1n) is 9.37. The van der Waals surface area contributed by atoms with Crippen LogP contribution in [-0.2, 0) is 11.2 Å². The molecule has 0 aliphatic heterocycles. The van der Waals surface area contributed by atoms with E-state index in [9.17, 15) is 14.7 Å². The van der Waals surface area contributed by atoms with E-state index in [0.29, 0.717) is 24.3 Å². The van der Waals surface area contributed by atoms with E-state index >= 15 is 0 Å². The van der Waals surface area contributed by atoms with E-state index < -0.39 is 11.9 Å². The fourth-order valence-corrected chi connectivity index (χ4v) is 2.54. The molecule has 0 aliphatic rings. The predicted octanol–water partition coefficient (Wildman–Crippen LogP) is 4.91. The van der Waals surface area contributed by atoms with Gasteiger partial charge in [-0.3, -0.25) is 0 Å². The molecule has 2 aromatic carbocycles. The Morgan fingerprint density at radius 1 is 0.926 bits per heavy atom. The number of esters is 2. The summed E-state index contributed by atoms with van der Waals surface area (Å²) in [5, 5.41) is 10.3. The Balaban J connectivity index is 2.03. The summed E-state index contributed by atoms with van der Waals surface area (Å²) < 4.78 is 10.5. The number of ether oxygens (including phenoxy) is 2. The molecule has 5 heteroatoms. The second kappa shape index (κ2) is 10.4. The number of rotatable bonds is 9. The zero-order valence-corrected chi connectivity index (χ0v) is 15.9. The molecule has 0 bridgehead atoms. The molecule has 27 heavy (non-hydrogen) atoms. The van der Waals surface area contributed by atoms with Gasteiger partial charge in [-0.15, -0.1) is 0 Å².